The van der Waals surface area contributed by atoms with Crippen LogP contribution in [0.15, 0.2) is 12.3 Å². The Kier molecular flexibility index (Phi) is 3.96. The average molecular weight is 236 g/mol. The van der Waals surface area contributed by atoms with Crippen molar-refractivity contribution in [1.29, 1.82) is 0 Å². The zero-order valence-corrected chi connectivity index (χ0v) is 8.59. The zero-order chi connectivity index (χ0) is 11.4. The molecule has 1 rings (SSSR count). The number of carbonyl (C=O) groups is 1. The molecule has 6 heteroatoms. The van der Waals surface area contributed by atoms with Crippen molar-refractivity contribution in [3.05, 3.63) is 28.5 Å². The summed E-state index contributed by atoms with van der Waals surface area (Å²) in [6.07, 6.45) is -1.76. The number of aromatic nitrogens is 1. The van der Waals surface area contributed by atoms with Crippen molar-refractivity contribution in [2.75, 3.05) is 6.61 Å². The quantitative estimate of drug-likeness (QED) is 0.757. The van der Waals surface area contributed by atoms with Crippen LogP contribution in [0.1, 0.15) is 29.4 Å². The molecule has 0 spiro atoms. The highest BCUT2D eigenvalue weighted by atomic mass is 35.5. The molecule has 3 nitrogen and oxygen atoms in total. The van der Waals surface area contributed by atoms with Crippen LogP contribution in [0.2, 0.25) is 5.02 Å². The van der Waals surface area contributed by atoms with E-state index in [4.69, 9.17) is 11.6 Å². The van der Waals surface area contributed by atoms with Gasteiger partial charge in [0, 0.05) is 11.8 Å². The van der Waals surface area contributed by atoms with Crippen LogP contribution < -0.4 is 0 Å². The van der Waals surface area contributed by atoms with Gasteiger partial charge in [0.05, 0.1) is 11.6 Å². The van der Waals surface area contributed by atoms with Gasteiger partial charge in [-0.15, -0.1) is 0 Å². The first-order valence-electron chi connectivity index (χ1n) is 4.17. The number of pyridine rings is 1. The minimum absolute atomic E-state index is 0.133. The number of halogens is 3. The fourth-order valence-corrected chi connectivity index (χ4v) is 1.17. The Balaban J connectivity index is 2.98. The largest absolute Gasteiger partial charge is 0.461 e. The van der Waals surface area contributed by atoms with E-state index in [-0.39, 0.29) is 22.9 Å². The SMILES string of the molecule is CCOC(=O)c1ncc(C(F)F)cc1Cl. The third-order valence-corrected chi connectivity index (χ3v) is 1.87. The lowest BCUT2D eigenvalue weighted by atomic mass is 10.2. The van der Waals surface area contributed by atoms with Gasteiger partial charge in [-0.2, -0.15) is 0 Å². The van der Waals surface area contributed by atoms with E-state index in [1.165, 1.54) is 0 Å². The fraction of sp³-hybridized carbons (Fsp3) is 0.333. The van der Waals surface area contributed by atoms with Crippen molar-refractivity contribution in [3.63, 3.8) is 0 Å². The topological polar surface area (TPSA) is 39.2 Å². The van der Waals surface area contributed by atoms with Gasteiger partial charge in [0.25, 0.3) is 6.43 Å². The fourth-order valence-electron chi connectivity index (χ4n) is 0.922. The van der Waals surface area contributed by atoms with Gasteiger partial charge in [-0.05, 0) is 13.0 Å². The Bertz CT molecular complexity index is 371. The summed E-state index contributed by atoms with van der Waals surface area (Å²) in [5, 5.41) is -0.133. The van der Waals surface area contributed by atoms with Crippen LogP contribution in [0.25, 0.3) is 0 Å². The van der Waals surface area contributed by atoms with Crippen molar-refractivity contribution in [2.24, 2.45) is 0 Å². The number of esters is 1. The first-order chi connectivity index (χ1) is 7.06. The summed E-state index contributed by atoms with van der Waals surface area (Å²) in [6.45, 7) is 1.80. The molecule has 0 fully saturated rings. The Morgan fingerprint density at radius 2 is 2.33 bits per heavy atom. The maximum atomic E-state index is 12.2. The summed E-state index contributed by atoms with van der Waals surface area (Å²) < 4.78 is 29.1. The number of carbonyl (C=O) groups excluding carboxylic acids is 1. The lowest BCUT2D eigenvalue weighted by Gasteiger charge is -2.04. The Hall–Kier alpha value is -1.23. The molecule has 0 N–H and O–H groups in total. The molecular formula is C9H8ClF2NO2. The maximum Gasteiger partial charge on any atom is 0.358 e. The van der Waals surface area contributed by atoms with Gasteiger partial charge in [-0.25, -0.2) is 18.6 Å². The highest BCUT2D eigenvalue weighted by Gasteiger charge is 2.16. The Labute approximate surface area is 90.0 Å². The van der Waals surface area contributed by atoms with Gasteiger partial charge < -0.3 is 4.74 Å². The number of hydrogen-bond acceptors (Lipinski definition) is 3. The smallest absolute Gasteiger partial charge is 0.358 e. The van der Waals surface area contributed by atoms with Crippen LogP contribution in [-0.2, 0) is 4.74 Å². The van der Waals surface area contributed by atoms with Crippen LogP contribution in [0.4, 0.5) is 8.78 Å². The summed E-state index contributed by atoms with van der Waals surface area (Å²) in [6, 6.07) is 1.01. The molecule has 1 aromatic heterocycles. The zero-order valence-electron chi connectivity index (χ0n) is 7.84. The maximum absolute atomic E-state index is 12.2. The second-order valence-corrected chi connectivity index (χ2v) is 3.03. The van der Waals surface area contributed by atoms with Gasteiger partial charge in [0.15, 0.2) is 5.69 Å². The van der Waals surface area contributed by atoms with Crippen molar-refractivity contribution >= 4 is 17.6 Å². The number of alkyl halides is 2. The van der Waals surface area contributed by atoms with E-state index in [0.717, 1.165) is 12.3 Å². The number of rotatable bonds is 3. The molecule has 0 saturated carbocycles. The Morgan fingerprint density at radius 3 is 2.80 bits per heavy atom. The van der Waals surface area contributed by atoms with E-state index in [1.54, 1.807) is 6.92 Å². The number of nitrogens with zero attached hydrogens (tertiary/aromatic N) is 1. The first-order valence-corrected chi connectivity index (χ1v) is 4.54. The molecular weight excluding hydrogens is 228 g/mol. The van der Waals surface area contributed by atoms with E-state index < -0.39 is 12.4 Å². The second-order valence-electron chi connectivity index (χ2n) is 2.62. The normalized spacial score (nSPS) is 10.5. The second kappa shape index (κ2) is 5.02. The highest BCUT2D eigenvalue weighted by molar-refractivity contribution is 6.33. The summed E-state index contributed by atoms with van der Waals surface area (Å²) in [7, 11) is 0. The van der Waals surface area contributed by atoms with E-state index >= 15 is 0 Å². The summed E-state index contributed by atoms with van der Waals surface area (Å²) >= 11 is 5.61. The molecule has 0 aliphatic rings. The van der Waals surface area contributed by atoms with Crippen molar-refractivity contribution < 1.29 is 18.3 Å². The molecule has 82 valence electrons. The monoisotopic (exact) mass is 235 g/mol. The predicted octanol–water partition coefficient (Wildman–Crippen LogP) is 2.85. The predicted molar refractivity (Wildman–Crippen MR) is 50.2 cm³/mol. The van der Waals surface area contributed by atoms with Gasteiger partial charge in [0.2, 0.25) is 0 Å². The number of ether oxygens (including phenoxy) is 1. The van der Waals surface area contributed by atoms with Gasteiger partial charge in [-0.3, -0.25) is 0 Å². The van der Waals surface area contributed by atoms with Crippen molar-refractivity contribution in [3.8, 4) is 0 Å². The molecule has 0 saturated heterocycles. The lowest BCUT2D eigenvalue weighted by molar-refractivity contribution is 0.0519. The molecule has 0 aliphatic carbocycles. The van der Waals surface area contributed by atoms with Crippen LogP contribution in [0.5, 0.6) is 0 Å². The van der Waals surface area contributed by atoms with E-state index in [9.17, 15) is 13.6 Å². The van der Waals surface area contributed by atoms with Crippen molar-refractivity contribution in [2.45, 2.75) is 13.3 Å². The lowest BCUT2D eigenvalue weighted by Crippen LogP contribution is -2.08. The van der Waals surface area contributed by atoms with Gasteiger partial charge in [-0.1, -0.05) is 11.6 Å². The standard InChI is InChI=1S/C9H8ClF2NO2/c1-2-15-9(14)7-6(10)3-5(4-13-7)8(11)12/h3-4,8H,2H2,1H3. The molecule has 0 aliphatic heterocycles. The molecule has 0 aromatic carbocycles. The van der Waals surface area contributed by atoms with Crippen LogP contribution >= 0.6 is 11.6 Å². The van der Waals surface area contributed by atoms with E-state index in [1.807, 2.05) is 0 Å². The molecule has 0 bridgehead atoms. The third kappa shape index (κ3) is 2.86. The molecule has 0 amide bonds. The van der Waals surface area contributed by atoms with E-state index in [0.29, 0.717) is 0 Å². The first kappa shape index (κ1) is 11.8. The van der Waals surface area contributed by atoms with Crippen molar-refractivity contribution in [1.82, 2.24) is 4.98 Å². The van der Waals surface area contributed by atoms with Crippen LogP contribution in [-0.4, -0.2) is 17.6 Å². The van der Waals surface area contributed by atoms with Gasteiger partial charge in [0.1, 0.15) is 0 Å². The average Bonchev–Trinajstić information content (AvgIpc) is 2.17. The summed E-state index contributed by atoms with van der Waals surface area (Å²) in [4.78, 5) is 14.7. The minimum atomic E-state index is -2.66. The van der Waals surface area contributed by atoms with E-state index in [2.05, 4.69) is 9.72 Å². The van der Waals surface area contributed by atoms with Crippen LogP contribution in [0.3, 0.4) is 0 Å². The molecule has 1 aromatic rings. The highest BCUT2D eigenvalue weighted by Crippen LogP contribution is 2.23. The molecule has 0 atom stereocenters. The molecule has 0 radical (unpaired) electrons. The Morgan fingerprint density at radius 1 is 1.67 bits per heavy atom. The van der Waals surface area contributed by atoms with Gasteiger partial charge >= 0.3 is 5.97 Å². The third-order valence-electron chi connectivity index (χ3n) is 1.58. The molecule has 1 heterocycles. The summed E-state index contributed by atoms with van der Waals surface area (Å²) in [5.41, 5.74) is -0.476. The van der Waals surface area contributed by atoms with Crippen LogP contribution in [0, 0.1) is 0 Å². The molecule has 0 unspecified atom stereocenters. The number of hydrogen-bond donors (Lipinski definition) is 0. The summed E-state index contributed by atoms with van der Waals surface area (Å²) in [5.74, 6) is -0.719. The molecule has 15 heavy (non-hydrogen) atoms. The minimum Gasteiger partial charge on any atom is -0.461 e.